The Morgan fingerprint density at radius 1 is 1.43 bits per heavy atom. The number of nitrogens with one attached hydrogen (secondary N) is 1. The zero-order chi connectivity index (χ0) is 11.0. The maximum Gasteiger partial charge on any atom is 0.0684 e. The average molecular weight is 197 g/mol. The summed E-state index contributed by atoms with van der Waals surface area (Å²) >= 11 is 0. The predicted octanol–water partition coefficient (Wildman–Crippen LogP) is 0.443. The average Bonchev–Trinajstić information content (AvgIpc) is 2.17. The van der Waals surface area contributed by atoms with Crippen LogP contribution >= 0.6 is 0 Å². The summed E-state index contributed by atoms with van der Waals surface area (Å²) in [5.74, 6) is 2.70. The second kappa shape index (κ2) is 7.81. The Morgan fingerprint density at radius 3 is 2.50 bits per heavy atom. The van der Waals surface area contributed by atoms with E-state index in [1.807, 2.05) is 6.92 Å². The lowest BCUT2D eigenvalue weighted by molar-refractivity contribution is 0.482. The van der Waals surface area contributed by atoms with E-state index < -0.39 is 0 Å². The van der Waals surface area contributed by atoms with Gasteiger partial charge < -0.3 is 16.8 Å². The van der Waals surface area contributed by atoms with E-state index in [1.54, 1.807) is 0 Å². The quantitative estimate of drug-likeness (QED) is 0.410. The second-order valence-electron chi connectivity index (χ2n) is 3.75. The van der Waals surface area contributed by atoms with Crippen molar-refractivity contribution in [2.24, 2.45) is 11.5 Å². The maximum absolute atomic E-state index is 5.81. The molecule has 0 radical (unpaired) electrons. The van der Waals surface area contributed by atoms with Crippen LogP contribution in [0.5, 0.6) is 0 Å². The Kier molecular flexibility index (Phi) is 7.50. The fourth-order valence-corrected chi connectivity index (χ4v) is 1.20. The highest BCUT2D eigenvalue weighted by molar-refractivity contribution is 4.97. The van der Waals surface area contributed by atoms with Crippen LogP contribution in [0.1, 0.15) is 33.1 Å². The van der Waals surface area contributed by atoms with E-state index in [-0.39, 0.29) is 18.1 Å². The molecule has 5 N–H and O–H groups in total. The highest BCUT2D eigenvalue weighted by Gasteiger charge is 2.07. The van der Waals surface area contributed by atoms with Crippen LogP contribution in [-0.4, -0.2) is 24.7 Å². The van der Waals surface area contributed by atoms with E-state index in [0.29, 0.717) is 0 Å². The van der Waals surface area contributed by atoms with Gasteiger partial charge >= 0.3 is 0 Å². The van der Waals surface area contributed by atoms with Crippen molar-refractivity contribution in [2.45, 2.75) is 51.2 Å². The summed E-state index contributed by atoms with van der Waals surface area (Å²) in [6, 6.07) is 0.369. The lowest BCUT2D eigenvalue weighted by Gasteiger charge is -2.16. The van der Waals surface area contributed by atoms with Gasteiger partial charge in [0, 0.05) is 12.1 Å². The molecule has 14 heavy (non-hydrogen) atoms. The molecular weight excluding hydrogens is 174 g/mol. The number of rotatable bonds is 7. The molecule has 0 heterocycles. The van der Waals surface area contributed by atoms with Crippen LogP contribution < -0.4 is 16.8 Å². The number of terminal acetylenes is 1. The summed E-state index contributed by atoms with van der Waals surface area (Å²) in [6.45, 7) is 4.93. The third-order valence-corrected chi connectivity index (χ3v) is 2.39. The molecule has 0 aromatic carbocycles. The van der Waals surface area contributed by atoms with Gasteiger partial charge in [-0.2, -0.15) is 0 Å². The third kappa shape index (κ3) is 5.98. The van der Waals surface area contributed by atoms with Gasteiger partial charge in [0.2, 0.25) is 0 Å². The van der Waals surface area contributed by atoms with Crippen molar-refractivity contribution in [3.05, 3.63) is 0 Å². The van der Waals surface area contributed by atoms with E-state index in [0.717, 1.165) is 25.8 Å². The smallest absolute Gasteiger partial charge is 0.0684 e. The molecule has 82 valence electrons. The molecule has 0 amide bonds. The van der Waals surface area contributed by atoms with Crippen LogP contribution in [0.4, 0.5) is 0 Å². The fourth-order valence-electron chi connectivity index (χ4n) is 1.20. The van der Waals surface area contributed by atoms with Crippen LogP contribution in [0.25, 0.3) is 0 Å². The molecule has 3 heteroatoms. The van der Waals surface area contributed by atoms with E-state index in [1.165, 1.54) is 0 Å². The van der Waals surface area contributed by atoms with Crippen LogP contribution in [0.3, 0.4) is 0 Å². The molecule has 0 aromatic heterocycles. The van der Waals surface area contributed by atoms with Gasteiger partial charge in [-0.1, -0.05) is 12.8 Å². The second-order valence-corrected chi connectivity index (χ2v) is 3.75. The first-order chi connectivity index (χ1) is 6.61. The van der Waals surface area contributed by atoms with E-state index >= 15 is 0 Å². The molecule has 0 saturated heterocycles. The summed E-state index contributed by atoms with van der Waals surface area (Å²) < 4.78 is 0. The van der Waals surface area contributed by atoms with Gasteiger partial charge in [0.25, 0.3) is 0 Å². The number of hydrogen-bond acceptors (Lipinski definition) is 3. The maximum atomic E-state index is 5.81. The van der Waals surface area contributed by atoms with Gasteiger partial charge in [-0.25, -0.2) is 0 Å². The minimum Gasteiger partial charge on any atom is -0.327 e. The highest BCUT2D eigenvalue weighted by atomic mass is 14.9. The molecule has 3 atom stereocenters. The first-order valence-corrected chi connectivity index (χ1v) is 5.32. The number of hydrogen-bond donors (Lipinski definition) is 3. The van der Waals surface area contributed by atoms with Crippen LogP contribution in [0.2, 0.25) is 0 Å². The van der Waals surface area contributed by atoms with Gasteiger partial charge in [0.1, 0.15) is 0 Å². The van der Waals surface area contributed by atoms with Crippen LogP contribution in [0.15, 0.2) is 0 Å². The first kappa shape index (κ1) is 13.4. The molecule has 0 fully saturated rings. The van der Waals surface area contributed by atoms with Crippen molar-refractivity contribution in [1.82, 2.24) is 5.32 Å². The Bertz CT molecular complexity index is 172. The number of nitrogens with two attached hydrogens (primary N) is 2. The van der Waals surface area contributed by atoms with Gasteiger partial charge in [0.05, 0.1) is 6.04 Å². The van der Waals surface area contributed by atoms with Gasteiger partial charge in [0.15, 0.2) is 0 Å². The first-order valence-electron chi connectivity index (χ1n) is 5.32. The molecular formula is C11H23N3. The molecule has 0 rings (SSSR count). The van der Waals surface area contributed by atoms with E-state index in [2.05, 4.69) is 18.2 Å². The van der Waals surface area contributed by atoms with Gasteiger partial charge in [-0.3, -0.25) is 0 Å². The molecule has 3 nitrogen and oxygen atoms in total. The van der Waals surface area contributed by atoms with Crippen molar-refractivity contribution < 1.29 is 0 Å². The summed E-state index contributed by atoms with van der Waals surface area (Å²) in [4.78, 5) is 0. The lowest BCUT2D eigenvalue weighted by atomic mass is 10.1. The van der Waals surface area contributed by atoms with Crippen LogP contribution in [0, 0.1) is 12.3 Å². The van der Waals surface area contributed by atoms with Crippen molar-refractivity contribution in [1.29, 1.82) is 0 Å². The Balaban J connectivity index is 3.42. The molecule has 0 spiro atoms. The zero-order valence-electron chi connectivity index (χ0n) is 9.29. The summed E-state index contributed by atoms with van der Waals surface area (Å²) in [5, 5.41) is 3.28. The predicted molar refractivity (Wildman–Crippen MR) is 61.8 cm³/mol. The van der Waals surface area contributed by atoms with Crippen LogP contribution in [-0.2, 0) is 0 Å². The summed E-state index contributed by atoms with van der Waals surface area (Å²) in [6.07, 6.45) is 8.26. The minimum absolute atomic E-state index is 0.0737. The SMILES string of the molecule is C#CC(CC)NCCCC(N)C(C)N. The van der Waals surface area contributed by atoms with Crippen molar-refractivity contribution in [2.75, 3.05) is 6.54 Å². The Hall–Kier alpha value is -0.560. The lowest BCUT2D eigenvalue weighted by Crippen LogP contribution is -2.39. The normalized spacial score (nSPS) is 17.1. The van der Waals surface area contributed by atoms with Crippen molar-refractivity contribution >= 4 is 0 Å². The van der Waals surface area contributed by atoms with Gasteiger partial charge in [-0.15, -0.1) is 6.42 Å². The largest absolute Gasteiger partial charge is 0.327 e. The molecule has 0 saturated carbocycles. The highest BCUT2D eigenvalue weighted by Crippen LogP contribution is 1.97. The zero-order valence-corrected chi connectivity index (χ0v) is 9.29. The Morgan fingerprint density at radius 2 is 2.07 bits per heavy atom. The molecule has 0 bridgehead atoms. The Labute approximate surface area is 87.6 Å². The fraction of sp³-hybridized carbons (Fsp3) is 0.818. The molecule has 3 unspecified atom stereocenters. The monoisotopic (exact) mass is 197 g/mol. The molecule has 0 aliphatic rings. The van der Waals surface area contributed by atoms with Crippen molar-refractivity contribution in [3.8, 4) is 12.3 Å². The summed E-state index contributed by atoms with van der Waals surface area (Å²) in [5.41, 5.74) is 11.5. The van der Waals surface area contributed by atoms with Crippen molar-refractivity contribution in [3.63, 3.8) is 0 Å². The molecule has 0 aliphatic heterocycles. The summed E-state index contributed by atoms with van der Waals surface area (Å²) in [7, 11) is 0. The molecule has 0 aromatic rings. The standard InChI is InChI=1S/C11H23N3/c1-4-10(5-2)14-8-6-7-11(13)9(3)12/h1,9-11,14H,5-8,12-13H2,2-3H3. The minimum atomic E-state index is 0.0737. The third-order valence-electron chi connectivity index (χ3n) is 2.39. The molecule has 0 aliphatic carbocycles. The van der Waals surface area contributed by atoms with Gasteiger partial charge in [-0.05, 0) is 32.7 Å². The van der Waals surface area contributed by atoms with E-state index in [4.69, 9.17) is 17.9 Å². The van der Waals surface area contributed by atoms with E-state index in [9.17, 15) is 0 Å². The topological polar surface area (TPSA) is 64.1 Å².